The third-order valence-corrected chi connectivity index (χ3v) is 4.00. The highest BCUT2D eigenvalue weighted by atomic mass is 79.9. The van der Waals surface area contributed by atoms with E-state index in [1.165, 1.54) is 0 Å². The fourth-order valence-corrected chi connectivity index (χ4v) is 2.84. The van der Waals surface area contributed by atoms with E-state index in [1.807, 2.05) is 37.3 Å². The molecular weight excluding hydrogens is 374 g/mol. The number of carbonyl (C=O) groups excluding carboxylic acids is 1. The first kappa shape index (κ1) is 16.3. The van der Waals surface area contributed by atoms with Gasteiger partial charge in [0.05, 0.1) is 17.6 Å². The Bertz CT molecular complexity index is 859. The number of imidazole rings is 1. The Kier molecular flexibility index (Phi) is 4.71. The maximum absolute atomic E-state index is 10.9. The van der Waals surface area contributed by atoms with Gasteiger partial charge in [0.2, 0.25) is 0 Å². The van der Waals surface area contributed by atoms with Crippen LogP contribution in [0.25, 0.3) is 22.4 Å². The number of nitrogens with zero attached hydrogens (tertiary/aromatic N) is 1. The minimum Gasteiger partial charge on any atom is -0.490 e. The highest BCUT2D eigenvalue weighted by molar-refractivity contribution is 9.10. The summed E-state index contributed by atoms with van der Waals surface area (Å²) in [6.07, 6.45) is 0. The van der Waals surface area contributed by atoms with Crippen LogP contribution < -0.4 is 15.2 Å². The number of H-pyrrole nitrogens is 1. The second-order valence-electron chi connectivity index (χ2n) is 5.07. The monoisotopic (exact) mass is 389 g/mol. The van der Waals surface area contributed by atoms with E-state index in [9.17, 15) is 4.79 Å². The van der Waals surface area contributed by atoms with Gasteiger partial charge in [-0.25, -0.2) is 4.98 Å². The third-order valence-electron chi connectivity index (χ3n) is 3.35. The number of amides is 1. The van der Waals surface area contributed by atoms with Crippen LogP contribution in [-0.2, 0) is 4.79 Å². The molecule has 0 aliphatic heterocycles. The molecule has 0 aliphatic rings. The Labute approximate surface area is 147 Å². The van der Waals surface area contributed by atoms with Crippen molar-refractivity contribution in [3.8, 4) is 22.9 Å². The zero-order valence-corrected chi connectivity index (χ0v) is 14.6. The van der Waals surface area contributed by atoms with Gasteiger partial charge in [-0.2, -0.15) is 0 Å². The summed E-state index contributed by atoms with van der Waals surface area (Å²) in [7, 11) is 0. The molecule has 0 fully saturated rings. The quantitative estimate of drug-likeness (QED) is 0.676. The molecule has 2 aromatic carbocycles. The molecule has 1 heterocycles. The lowest BCUT2D eigenvalue weighted by Crippen LogP contribution is -2.20. The van der Waals surface area contributed by atoms with E-state index in [0.29, 0.717) is 23.9 Å². The van der Waals surface area contributed by atoms with Crippen molar-refractivity contribution >= 4 is 32.9 Å². The Morgan fingerprint density at radius 2 is 2.00 bits per heavy atom. The number of nitrogens with one attached hydrogen (secondary N) is 1. The van der Waals surface area contributed by atoms with Crippen LogP contribution in [0, 0.1) is 0 Å². The highest BCUT2D eigenvalue weighted by Crippen LogP contribution is 2.38. The molecular formula is C17H16BrN3O3. The van der Waals surface area contributed by atoms with Crippen LogP contribution in [0.3, 0.4) is 0 Å². The van der Waals surface area contributed by atoms with Crippen molar-refractivity contribution in [1.29, 1.82) is 0 Å². The van der Waals surface area contributed by atoms with Crippen molar-refractivity contribution in [2.45, 2.75) is 6.92 Å². The predicted molar refractivity (Wildman–Crippen MR) is 95.1 cm³/mol. The van der Waals surface area contributed by atoms with Gasteiger partial charge in [-0.05, 0) is 47.1 Å². The van der Waals surface area contributed by atoms with Crippen LogP contribution in [0.2, 0.25) is 0 Å². The summed E-state index contributed by atoms with van der Waals surface area (Å²) in [4.78, 5) is 18.8. The summed E-state index contributed by atoms with van der Waals surface area (Å²) < 4.78 is 11.8. The molecule has 3 aromatic rings. The number of carbonyl (C=O) groups is 1. The second kappa shape index (κ2) is 6.92. The van der Waals surface area contributed by atoms with E-state index in [1.54, 1.807) is 6.07 Å². The zero-order chi connectivity index (χ0) is 17.1. The molecule has 0 aliphatic carbocycles. The molecule has 0 spiro atoms. The van der Waals surface area contributed by atoms with Crippen LogP contribution in [-0.4, -0.2) is 29.1 Å². The number of halogens is 1. The summed E-state index contributed by atoms with van der Waals surface area (Å²) in [5.74, 6) is 1.14. The minimum atomic E-state index is -0.546. The van der Waals surface area contributed by atoms with Crippen LogP contribution in [0.1, 0.15) is 6.92 Å². The number of para-hydroxylation sites is 2. The van der Waals surface area contributed by atoms with Gasteiger partial charge < -0.3 is 20.2 Å². The van der Waals surface area contributed by atoms with Gasteiger partial charge in [0, 0.05) is 10.0 Å². The first-order chi connectivity index (χ1) is 11.6. The van der Waals surface area contributed by atoms with E-state index >= 15 is 0 Å². The number of benzene rings is 2. The smallest absolute Gasteiger partial charge is 0.255 e. The fourth-order valence-electron chi connectivity index (χ4n) is 2.33. The molecule has 0 bridgehead atoms. The van der Waals surface area contributed by atoms with Gasteiger partial charge in [-0.3, -0.25) is 4.79 Å². The van der Waals surface area contributed by atoms with Crippen LogP contribution in [0.4, 0.5) is 0 Å². The van der Waals surface area contributed by atoms with Gasteiger partial charge in [0.25, 0.3) is 5.91 Å². The molecule has 0 saturated heterocycles. The number of aromatic amines is 1. The number of primary amides is 1. The Hall–Kier alpha value is -2.54. The normalized spacial score (nSPS) is 10.8. The maximum atomic E-state index is 10.9. The van der Waals surface area contributed by atoms with E-state index in [0.717, 1.165) is 21.1 Å². The lowest BCUT2D eigenvalue weighted by atomic mass is 10.2. The van der Waals surface area contributed by atoms with Crippen LogP contribution in [0.15, 0.2) is 40.9 Å². The number of ether oxygens (including phenoxy) is 2. The molecule has 6 nitrogen and oxygen atoms in total. The van der Waals surface area contributed by atoms with E-state index in [2.05, 4.69) is 25.9 Å². The Balaban J connectivity index is 2.04. The molecule has 0 radical (unpaired) electrons. The number of rotatable bonds is 6. The molecule has 124 valence electrons. The van der Waals surface area contributed by atoms with Gasteiger partial charge in [-0.1, -0.05) is 12.1 Å². The fraction of sp³-hybridized carbons (Fsp3) is 0.176. The molecule has 7 heteroatoms. The van der Waals surface area contributed by atoms with Gasteiger partial charge >= 0.3 is 0 Å². The van der Waals surface area contributed by atoms with E-state index in [-0.39, 0.29) is 6.61 Å². The van der Waals surface area contributed by atoms with E-state index in [4.69, 9.17) is 15.2 Å². The number of aromatic nitrogens is 2. The lowest BCUT2D eigenvalue weighted by Gasteiger charge is -2.13. The molecule has 24 heavy (non-hydrogen) atoms. The summed E-state index contributed by atoms with van der Waals surface area (Å²) in [6.45, 7) is 2.13. The van der Waals surface area contributed by atoms with Crippen LogP contribution in [0.5, 0.6) is 11.5 Å². The van der Waals surface area contributed by atoms with Crippen LogP contribution >= 0.6 is 15.9 Å². The van der Waals surface area contributed by atoms with Gasteiger partial charge in [0.1, 0.15) is 5.82 Å². The number of nitrogens with two attached hydrogens (primary N) is 1. The van der Waals surface area contributed by atoms with Gasteiger partial charge in [0.15, 0.2) is 18.1 Å². The van der Waals surface area contributed by atoms with Crippen molar-refractivity contribution in [2.75, 3.05) is 13.2 Å². The standard InChI is InChI=1S/C17H16BrN3O3/c1-2-23-14-7-10(11(18)8-15(14)24-9-16(19)22)17-20-12-5-3-4-6-13(12)21-17/h3-8H,2,9H2,1H3,(H2,19,22)(H,20,21). The maximum Gasteiger partial charge on any atom is 0.255 e. The number of fused-ring (bicyclic) bond motifs is 1. The summed E-state index contributed by atoms with van der Waals surface area (Å²) in [5.41, 5.74) is 7.80. The number of hydrogen-bond donors (Lipinski definition) is 2. The van der Waals surface area contributed by atoms with Crippen molar-refractivity contribution in [1.82, 2.24) is 9.97 Å². The molecule has 3 N–H and O–H groups in total. The lowest BCUT2D eigenvalue weighted by molar-refractivity contribution is -0.119. The molecule has 0 unspecified atom stereocenters. The molecule has 3 rings (SSSR count). The SMILES string of the molecule is CCOc1cc(-c2nc3ccccc3[nH]2)c(Br)cc1OCC(N)=O. The van der Waals surface area contributed by atoms with Crippen molar-refractivity contribution in [3.63, 3.8) is 0 Å². The molecule has 1 amide bonds. The average Bonchev–Trinajstić information content (AvgIpc) is 2.98. The van der Waals surface area contributed by atoms with Crippen molar-refractivity contribution in [2.24, 2.45) is 5.73 Å². The first-order valence-corrected chi connectivity index (χ1v) is 8.20. The summed E-state index contributed by atoms with van der Waals surface area (Å²) >= 11 is 3.52. The number of hydrogen-bond acceptors (Lipinski definition) is 4. The topological polar surface area (TPSA) is 90.2 Å². The summed E-state index contributed by atoms with van der Waals surface area (Å²) in [6, 6.07) is 11.4. The summed E-state index contributed by atoms with van der Waals surface area (Å²) in [5, 5.41) is 0. The Morgan fingerprint density at radius 1 is 1.25 bits per heavy atom. The zero-order valence-electron chi connectivity index (χ0n) is 13.0. The van der Waals surface area contributed by atoms with Crippen molar-refractivity contribution < 1.29 is 14.3 Å². The third kappa shape index (κ3) is 3.35. The van der Waals surface area contributed by atoms with Crippen molar-refractivity contribution in [3.05, 3.63) is 40.9 Å². The largest absolute Gasteiger partial charge is 0.490 e. The highest BCUT2D eigenvalue weighted by Gasteiger charge is 2.15. The van der Waals surface area contributed by atoms with Gasteiger partial charge in [-0.15, -0.1) is 0 Å². The first-order valence-electron chi connectivity index (χ1n) is 7.41. The molecule has 1 aromatic heterocycles. The molecule has 0 saturated carbocycles. The van der Waals surface area contributed by atoms with E-state index < -0.39 is 5.91 Å². The second-order valence-corrected chi connectivity index (χ2v) is 5.92. The average molecular weight is 390 g/mol. The minimum absolute atomic E-state index is 0.212. The molecule has 0 atom stereocenters. The predicted octanol–water partition coefficient (Wildman–Crippen LogP) is 3.26. The Morgan fingerprint density at radius 3 is 2.71 bits per heavy atom.